The zero-order valence-electron chi connectivity index (χ0n) is 37.2. The molecular formula is C49H56N2O13S2. The Bertz CT molecular complexity index is 2780. The number of ether oxygens (including phenoxy) is 3. The molecule has 0 bridgehead atoms. The summed E-state index contributed by atoms with van der Waals surface area (Å²) in [6.07, 6.45) is 1.11. The second-order valence-electron chi connectivity index (χ2n) is 17.8. The summed E-state index contributed by atoms with van der Waals surface area (Å²) in [4.78, 5) is 0. The van der Waals surface area contributed by atoms with Crippen LogP contribution in [0.5, 0.6) is 11.5 Å². The van der Waals surface area contributed by atoms with E-state index < -0.39 is 79.9 Å². The highest BCUT2D eigenvalue weighted by Crippen LogP contribution is 2.42. The summed E-state index contributed by atoms with van der Waals surface area (Å²) >= 11 is 0. The summed E-state index contributed by atoms with van der Waals surface area (Å²) in [5.41, 5.74) is 7.20. The van der Waals surface area contributed by atoms with Gasteiger partial charge in [0.1, 0.15) is 55.6 Å². The van der Waals surface area contributed by atoms with Gasteiger partial charge in [0.25, 0.3) is 0 Å². The average molecular weight is 945 g/mol. The second-order valence-corrected chi connectivity index (χ2v) is 20.8. The average Bonchev–Trinajstić information content (AvgIpc) is 3.62. The lowest BCUT2D eigenvalue weighted by Crippen LogP contribution is -2.60. The molecule has 3 heterocycles. The van der Waals surface area contributed by atoms with Gasteiger partial charge >= 0.3 is 0 Å². The Balaban J connectivity index is 1.21. The maximum atomic E-state index is 11.6. The number of aliphatic hydroxyl groups excluding tert-OH is 4. The van der Waals surface area contributed by atoms with Crippen molar-refractivity contribution < 1.29 is 69.7 Å². The number of fused-ring (bicyclic) bond motifs is 2. The van der Waals surface area contributed by atoms with E-state index >= 15 is 0 Å². The van der Waals surface area contributed by atoms with Gasteiger partial charge < -0.3 is 43.7 Å². The molecule has 4 aromatic carbocycles. The quantitative estimate of drug-likeness (QED) is 0.0797. The number of aliphatic hydroxyl groups is 4. The summed E-state index contributed by atoms with van der Waals surface area (Å²) in [5.74, 6) is -0.120. The van der Waals surface area contributed by atoms with E-state index in [1.165, 1.54) is 0 Å². The molecule has 0 spiro atoms. The molecule has 0 unspecified atom stereocenters. The number of allylic oxidation sites excluding steroid dienone is 2. The molecule has 0 aliphatic carbocycles. The van der Waals surface area contributed by atoms with Crippen LogP contribution in [0.25, 0.3) is 12.2 Å². The molecule has 4 aromatic rings. The second kappa shape index (κ2) is 19.6. The Kier molecular flexibility index (Phi) is 14.5. The molecule has 17 heteroatoms. The maximum Gasteiger partial charge on any atom is 0.229 e. The Morgan fingerprint density at radius 2 is 1.21 bits per heavy atom. The molecule has 0 saturated carbocycles. The Morgan fingerprint density at radius 1 is 0.682 bits per heavy atom. The van der Waals surface area contributed by atoms with Crippen LogP contribution < -0.4 is 9.47 Å². The van der Waals surface area contributed by atoms with Gasteiger partial charge in [-0.3, -0.25) is 0 Å². The first-order valence-corrected chi connectivity index (χ1v) is 24.9. The lowest BCUT2D eigenvalue weighted by atomic mass is 9.81. The molecule has 1 fully saturated rings. The normalized spacial score (nSPS) is 22.6. The molecule has 1 saturated heterocycles. The Labute approximate surface area is 385 Å². The fraction of sp³-hybridized carbons (Fsp3) is 0.388. The van der Waals surface area contributed by atoms with Gasteiger partial charge in [-0.05, 0) is 75.2 Å². The Hall–Kier alpha value is -5.08. The summed E-state index contributed by atoms with van der Waals surface area (Å²) in [7, 11) is -8.81. The van der Waals surface area contributed by atoms with Crippen molar-refractivity contribution >= 4 is 55.2 Å². The van der Waals surface area contributed by atoms with E-state index in [-0.39, 0.29) is 19.4 Å². The first-order valence-electron chi connectivity index (χ1n) is 21.7. The topological polar surface area (TPSA) is 229 Å². The molecule has 0 aromatic heterocycles. The monoisotopic (exact) mass is 944 g/mol. The van der Waals surface area contributed by atoms with Crippen molar-refractivity contribution in [1.82, 2.24) is 0 Å². The molecule has 3 aliphatic heterocycles. The van der Waals surface area contributed by atoms with Crippen LogP contribution in [0.4, 0.5) is 11.4 Å². The smallest absolute Gasteiger partial charge is 0.229 e. The highest BCUT2D eigenvalue weighted by atomic mass is 32.2. The van der Waals surface area contributed by atoms with Crippen molar-refractivity contribution in [3.8, 4) is 11.5 Å². The molecule has 66 heavy (non-hydrogen) atoms. The van der Waals surface area contributed by atoms with E-state index in [4.69, 9.17) is 14.2 Å². The lowest BCUT2D eigenvalue weighted by molar-refractivity contribution is -0.437. The van der Waals surface area contributed by atoms with Gasteiger partial charge in [-0.2, -0.15) is 9.15 Å². The minimum absolute atomic E-state index is 0.136. The third-order valence-electron chi connectivity index (χ3n) is 12.5. The third kappa shape index (κ3) is 10.9. The number of benzene rings is 4. The molecule has 3 aliphatic rings. The highest BCUT2D eigenvalue weighted by molar-refractivity contribution is 7.85. The van der Waals surface area contributed by atoms with E-state index in [0.29, 0.717) is 24.6 Å². The molecule has 7 rings (SSSR count). The highest BCUT2D eigenvalue weighted by Gasteiger charge is 2.46. The van der Waals surface area contributed by atoms with Crippen LogP contribution in [0.1, 0.15) is 68.4 Å². The van der Waals surface area contributed by atoms with Gasteiger partial charge in [-0.25, -0.2) is 16.8 Å². The molecule has 5 atom stereocenters. The number of para-hydroxylation sites is 2. The SMILES string of the molecule is CC1(C)C(/C=C/c2ccc(OCc3ccc(O[C@@H]4O[C@H](CO)[C@H](O)[C@H](O)[C@H]4O)cc3)c(/C=C/C3=[N+](CCCS(=O)(=O)[O-])c4ccccc4C3(C)C)c2)=[N+](CCCS(=O)(=O)[O-])c2ccccc21. The molecule has 352 valence electrons. The first-order chi connectivity index (χ1) is 31.2. The summed E-state index contributed by atoms with van der Waals surface area (Å²) in [5, 5.41) is 40.3. The lowest BCUT2D eigenvalue weighted by Gasteiger charge is -2.39. The van der Waals surface area contributed by atoms with Crippen molar-refractivity contribution in [2.24, 2.45) is 0 Å². The Morgan fingerprint density at radius 3 is 1.74 bits per heavy atom. The zero-order valence-corrected chi connectivity index (χ0v) is 38.8. The van der Waals surface area contributed by atoms with Crippen molar-refractivity contribution in [3.05, 3.63) is 131 Å². The zero-order chi connectivity index (χ0) is 47.6. The maximum absolute atomic E-state index is 11.6. The van der Waals surface area contributed by atoms with E-state index in [2.05, 4.69) is 36.8 Å². The summed E-state index contributed by atoms with van der Waals surface area (Å²) in [6.45, 7) is 8.58. The molecule has 0 amide bonds. The van der Waals surface area contributed by atoms with Crippen molar-refractivity contribution in [2.45, 2.75) is 88.7 Å². The minimum atomic E-state index is -4.42. The van der Waals surface area contributed by atoms with Crippen LogP contribution in [-0.4, -0.2) is 129 Å². The third-order valence-corrected chi connectivity index (χ3v) is 14.0. The largest absolute Gasteiger partial charge is 0.748 e. The van der Waals surface area contributed by atoms with Gasteiger partial charge in [-0.1, -0.05) is 54.6 Å². The first kappa shape index (κ1) is 48.8. The van der Waals surface area contributed by atoms with E-state index in [0.717, 1.165) is 50.6 Å². The van der Waals surface area contributed by atoms with Crippen LogP contribution in [0, 0.1) is 0 Å². The van der Waals surface area contributed by atoms with Crippen LogP contribution in [0.3, 0.4) is 0 Å². The van der Waals surface area contributed by atoms with E-state index in [1.807, 2.05) is 91.0 Å². The number of rotatable bonds is 18. The van der Waals surface area contributed by atoms with Gasteiger partial charge in [0.05, 0.1) is 37.7 Å². The van der Waals surface area contributed by atoms with Gasteiger partial charge in [-0.15, -0.1) is 0 Å². The van der Waals surface area contributed by atoms with Gasteiger partial charge in [0.2, 0.25) is 17.7 Å². The number of nitrogens with zero attached hydrogens (tertiary/aromatic N) is 2. The predicted molar refractivity (Wildman–Crippen MR) is 247 cm³/mol. The van der Waals surface area contributed by atoms with Gasteiger partial charge in [0, 0.05) is 65.3 Å². The van der Waals surface area contributed by atoms with E-state index in [1.54, 1.807) is 24.3 Å². The minimum Gasteiger partial charge on any atom is -0.748 e. The van der Waals surface area contributed by atoms with Crippen LogP contribution >= 0.6 is 0 Å². The van der Waals surface area contributed by atoms with E-state index in [9.17, 15) is 46.4 Å². The fourth-order valence-corrected chi connectivity index (χ4v) is 9.93. The molecule has 15 nitrogen and oxygen atoms in total. The van der Waals surface area contributed by atoms with Crippen molar-refractivity contribution in [3.63, 3.8) is 0 Å². The number of hydrogen-bond acceptors (Lipinski definition) is 13. The number of hydrogen-bond donors (Lipinski definition) is 4. The fourth-order valence-electron chi connectivity index (χ4n) is 8.96. The molecule has 4 N–H and O–H groups in total. The van der Waals surface area contributed by atoms with Crippen LogP contribution in [0.2, 0.25) is 0 Å². The molecule has 0 radical (unpaired) electrons. The predicted octanol–water partition coefficient (Wildman–Crippen LogP) is 4.49. The molecular weight excluding hydrogens is 889 g/mol. The van der Waals surface area contributed by atoms with Crippen LogP contribution in [0.15, 0.2) is 103 Å². The summed E-state index contributed by atoms with van der Waals surface area (Å²) < 4.78 is 91.2. The van der Waals surface area contributed by atoms with Crippen LogP contribution in [-0.2, 0) is 42.4 Å². The standard InChI is InChI=1S/C49H56N2O13S2/c1-48(2)36-11-5-7-13-38(36)50(25-9-27-65(56,57)58)42(48)23-18-32-17-22-40(62-31-33-15-20-35(21-16-33)63-47-46(55)45(54)44(53)41(30-52)64-47)34(29-32)19-24-43-49(3,4)37-12-6-8-14-39(37)51(43)26-10-28-66(59,60)61/h5-8,11-24,29,41,44-47,52-55H,9-10,25-28,30-31H2,1-4H3/b23-18+,24-19+/t41-,44+,45+,46-,47-/m1/s1. The van der Waals surface area contributed by atoms with Gasteiger partial charge in [0.15, 0.2) is 11.4 Å². The summed E-state index contributed by atoms with van der Waals surface area (Å²) in [6, 6.07) is 28.4. The van der Waals surface area contributed by atoms with Crippen molar-refractivity contribution in [2.75, 3.05) is 31.2 Å². The van der Waals surface area contributed by atoms with Crippen molar-refractivity contribution in [1.29, 1.82) is 0 Å².